The van der Waals surface area contributed by atoms with Crippen LogP contribution in [0.3, 0.4) is 0 Å². The minimum absolute atomic E-state index is 0.0115. The third-order valence-corrected chi connectivity index (χ3v) is 3.97. The highest BCUT2D eigenvalue weighted by Gasteiger charge is 2.32. The zero-order valence-corrected chi connectivity index (χ0v) is 14.1. The van der Waals surface area contributed by atoms with Crippen molar-refractivity contribution in [2.45, 2.75) is 33.0 Å². The maximum Gasteiger partial charge on any atom is 0.337 e. The standard InChI is InChI=1S/C19H18O6/c1-10(20)16-14(8-11-9-15(21)25-19(2,3)24-11)17(22)12-6-4-5-7-13(12)18(16)23/h4-7,9,22-23H,8H2,1-3H3. The molecule has 0 spiro atoms. The van der Waals surface area contributed by atoms with E-state index in [0.29, 0.717) is 10.8 Å². The average molecular weight is 342 g/mol. The van der Waals surface area contributed by atoms with Crippen LogP contribution in [0, 0.1) is 0 Å². The first-order valence-corrected chi connectivity index (χ1v) is 7.78. The van der Waals surface area contributed by atoms with Crippen molar-refractivity contribution in [2.24, 2.45) is 0 Å². The number of hydrogen-bond acceptors (Lipinski definition) is 6. The predicted molar refractivity (Wildman–Crippen MR) is 90.3 cm³/mol. The molecule has 0 atom stereocenters. The number of hydrogen-bond donors (Lipinski definition) is 2. The molecule has 0 fully saturated rings. The molecule has 0 saturated carbocycles. The van der Waals surface area contributed by atoms with E-state index in [-0.39, 0.29) is 34.8 Å². The number of rotatable bonds is 3. The summed E-state index contributed by atoms with van der Waals surface area (Å²) in [6, 6.07) is 6.69. The van der Waals surface area contributed by atoms with Gasteiger partial charge in [-0.1, -0.05) is 24.3 Å². The minimum atomic E-state index is -1.15. The largest absolute Gasteiger partial charge is 0.507 e. The first-order valence-electron chi connectivity index (χ1n) is 7.78. The van der Waals surface area contributed by atoms with Gasteiger partial charge in [0.15, 0.2) is 5.78 Å². The molecular formula is C19H18O6. The third kappa shape index (κ3) is 3.03. The Labute approximate surface area is 144 Å². The first-order chi connectivity index (χ1) is 11.7. The Balaban J connectivity index is 2.19. The topological polar surface area (TPSA) is 93.1 Å². The first kappa shape index (κ1) is 16.8. The van der Waals surface area contributed by atoms with Crippen molar-refractivity contribution in [3.05, 3.63) is 47.2 Å². The Bertz CT molecular complexity index is 923. The Morgan fingerprint density at radius 2 is 1.68 bits per heavy atom. The maximum absolute atomic E-state index is 12.1. The fraction of sp³-hybridized carbons (Fsp3) is 0.263. The van der Waals surface area contributed by atoms with E-state index in [9.17, 15) is 19.8 Å². The van der Waals surface area contributed by atoms with Crippen molar-refractivity contribution in [2.75, 3.05) is 0 Å². The van der Waals surface area contributed by atoms with Gasteiger partial charge in [-0.3, -0.25) is 4.79 Å². The lowest BCUT2D eigenvalue weighted by Gasteiger charge is -2.31. The number of phenols is 2. The zero-order chi connectivity index (χ0) is 18.4. The van der Waals surface area contributed by atoms with E-state index in [1.165, 1.54) is 13.0 Å². The highest BCUT2D eigenvalue weighted by Crippen LogP contribution is 2.41. The second-order valence-corrected chi connectivity index (χ2v) is 6.36. The van der Waals surface area contributed by atoms with E-state index >= 15 is 0 Å². The molecule has 2 aromatic carbocycles. The fourth-order valence-electron chi connectivity index (χ4n) is 3.04. The molecule has 0 aromatic heterocycles. The van der Waals surface area contributed by atoms with Crippen LogP contribution in [-0.2, 0) is 20.7 Å². The molecule has 0 unspecified atom stereocenters. The predicted octanol–water partition coefficient (Wildman–Crippen LogP) is 3.19. The van der Waals surface area contributed by atoms with Gasteiger partial charge in [0, 0.05) is 36.6 Å². The number of aromatic hydroxyl groups is 2. The van der Waals surface area contributed by atoms with Gasteiger partial charge < -0.3 is 19.7 Å². The number of allylic oxidation sites excluding steroid dienone is 1. The lowest BCUT2D eigenvalue weighted by atomic mass is 9.93. The molecule has 130 valence electrons. The fourth-order valence-corrected chi connectivity index (χ4v) is 3.04. The molecule has 6 nitrogen and oxygen atoms in total. The van der Waals surface area contributed by atoms with Crippen LogP contribution in [0.5, 0.6) is 11.5 Å². The molecule has 6 heteroatoms. The van der Waals surface area contributed by atoms with Crippen LogP contribution in [0.15, 0.2) is 36.1 Å². The van der Waals surface area contributed by atoms with E-state index in [0.717, 1.165) is 0 Å². The van der Waals surface area contributed by atoms with Crippen LogP contribution in [0.4, 0.5) is 0 Å². The molecule has 1 aliphatic rings. The van der Waals surface area contributed by atoms with Crippen molar-refractivity contribution in [1.29, 1.82) is 0 Å². The number of benzene rings is 2. The number of carbonyl (C=O) groups excluding carboxylic acids is 2. The van der Waals surface area contributed by atoms with Crippen LogP contribution in [-0.4, -0.2) is 27.8 Å². The van der Waals surface area contributed by atoms with Crippen molar-refractivity contribution in [3.63, 3.8) is 0 Å². The van der Waals surface area contributed by atoms with E-state index in [1.54, 1.807) is 38.1 Å². The second-order valence-electron chi connectivity index (χ2n) is 6.36. The Morgan fingerprint density at radius 1 is 1.08 bits per heavy atom. The van der Waals surface area contributed by atoms with E-state index in [4.69, 9.17) is 9.47 Å². The smallest absolute Gasteiger partial charge is 0.337 e. The van der Waals surface area contributed by atoms with Gasteiger partial charge in [0.2, 0.25) is 5.79 Å². The highest BCUT2D eigenvalue weighted by atomic mass is 16.7. The molecule has 0 saturated heterocycles. The molecule has 2 N–H and O–H groups in total. The second kappa shape index (κ2) is 5.81. The number of ether oxygens (including phenoxy) is 2. The summed E-state index contributed by atoms with van der Waals surface area (Å²) in [7, 11) is 0. The molecular weight excluding hydrogens is 324 g/mol. The van der Waals surface area contributed by atoms with Gasteiger partial charge >= 0.3 is 5.97 Å². The lowest BCUT2D eigenvalue weighted by molar-refractivity contribution is -0.205. The summed E-state index contributed by atoms with van der Waals surface area (Å²) in [6.45, 7) is 4.48. The number of cyclic esters (lactones) is 1. The van der Waals surface area contributed by atoms with Crippen molar-refractivity contribution in [3.8, 4) is 11.5 Å². The third-order valence-electron chi connectivity index (χ3n) is 3.97. The molecule has 0 bridgehead atoms. The zero-order valence-electron chi connectivity index (χ0n) is 14.1. The number of carbonyl (C=O) groups is 2. The minimum Gasteiger partial charge on any atom is -0.507 e. The van der Waals surface area contributed by atoms with Gasteiger partial charge in [-0.2, -0.15) is 0 Å². The number of fused-ring (bicyclic) bond motifs is 1. The number of phenolic OH excluding ortho intramolecular Hbond substituents is 2. The molecule has 0 aliphatic carbocycles. The van der Waals surface area contributed by atoms with Crippen LogP contribution in [0.2, 0.25) is 0 Å². The van der Waals surface area contributed by atoms with Gasteiger partial charge in [0.25, 0.3) is 0 Å². The van der Waals surface area contributed by atoms with E-state index in [2.05, 4.69) is 0 Å². The summed E-state index contributed by atoms with van der Waals surface area (Å²) in [5.41, 5.74) is 0.220. The average Bonchev–Trinajstić information content (AvgIpc) is 2.50. The van der Waals surface area contributed by atoms with Crippen LogP contribution in [0.25, 0.3) is 10.8 Å². The van der Waals surface area contributed by atoms with E-state index in [1.807, 2.05) is 0 Å². The summed E-state index contributed by atoms with van der Waals surface area (Å²) in [6.07, 6.45) is 1.14. The van der Waals surface area contributed by atoms with Crippen LogP contribution < -0.4 is 0 Å². The Hall–Kier alpha value is -3.02. The van der Waals surface area contributed by atoms with Crippen molar-refractivity contribution < 1.29 is 29.3 Å². The molecule has 1 heterocycles. The quantitative estimate of drug-likeness (QED) is 0.505. The summed E-state index contributed by atoms with van der Waals surface area (Å²) in [5, 5.41) is 22.0. The molecule has 3 rings (SSSR count). The molecule has 2 aromatic rings. The van der Waals surface area contributed by atoms with Crippen molar-refractivity contribution >= 4 is 22.5 Å². The molecule has 0 amide bonds. The normalized spacial score (nSPS) is 16.1. The van der Waals surface area contributed by atoms with Gasteiger partial charge in [-0.25, -0.2) is 4.79 Å². The monoisotopic (exact) mass is 342 g/mol. The number of Topliss-reactive ketones (excluding diaryl/α,β-unsaturated/α-hetero) is 1. The molecule has 0 radical (unpaired) electrons. The van der Waals surface area contributed by atoms with Gasteiger partial charge in [-0.15, -0.1) is 0 Å². The van der Waals surface area contributed by atoms with E-state index < -0.39 is 17.5 Å². The number of esters is 1. The van der Waals surface area contributed by atoms with Gasteiger partial charge in [0.1, 0.15) is 17.3 Å². The Morgan fingerprint density at radius 3 is 2.24 bits per heavy atom. The summed E-state index contributed by atoms with van der Waals surface area (Å²) in [4.78, 5) is 23.8. The summed E-state index contributed by atoms with van der Waals surface area (Å²) in [5.74, 6) is -2.19. The summed E-state index contributed by atoms with van der Waals surface area (Å²) < 4.78 is 10.6. The summed E-state index contributed by atoms with van der Waals surface area (Å²) >= 11 is 0. The van der Waals surface area contributed by atoms with Crippen molar-refractivity contribution in [1.82, 2.24) is 0 Å². The van der Waals surface area contributed by atoms with Crippen LogP contribution in [0.1, 0.15) is 36.7 Å². The molecule has 1 aliphatic heterocycles. The number of ketones is 1. The van der Waals surface area contributed by atoms with Gasteiger partial charge in [-0.05, 0) is 6.92 Å². The lowest BCUT2D eigenvalue weighted by Crippen LogP contribution is -2.34. The van der Waals surface area contributed by atoms with Gasteiger partial charge in [0.05, 0.1) is 11.6 Å². The Kier molecular flexibility index (Phi) is 3.91. The molecule has 25 heavy (non-hydrogen) atoms. The SMILES string of the molecule is CC(=O)c1c(CC2=CC(=O)OC(C)(C)O2)c(O)c2ccccc2c1O. The van der Waals surface area contributed by atoms with Crippen LogP contribution >= 0.6 is 0 Å². The maximum atomic E-state index is 12.1. The highest BCUT2D eigenvalue weighted by molar-refractivity contribution is 6.07.